The zero-order chi connectivity index (χ0) is 23.1. The summed E-state index contributed by atoms with van der Waals surface area (Å²) in [5.74, 6) is -1.35. The Balaban J connectivity index is 1.52. The van der Waals surface area contributed by atoms with Crippen LogP contribution in [0.1, 0.15) is 32.4 Å². The van der Waals surface area contributed by atoms with Gasteiger partial charge in [-0.25, -0.2) is 19.0 Å². The molecule has 3 atom stereocenters. The Kier molecular flexibility index (Phi) is 3.84. The van der Waals surface area contributed by atoms with Crippen molar-refractivity contribution in [3.63, 3.8) is 0 Å². The third-order valence-corrected chi connectivity index (χ3v) is 6.27. The second-order valence-corrected chi connectivity index (χ2v) is 8.18. The number of fused-ring (bicyclic) bond motifs is 5. The number of carbonyl (C=O) groups is 3. The summed E-state index contributed by atoms with van der Waals surface area (Å²) in [4.78, 5) is 44.2. The van der Waals surface area contributed by atoms with Crippen molar-refractivity contribution in [1.29, 1.82) is 0 Å². The molecule has 0 aliphatic carbocycles. The smallest absolute Gasteiger partial charge is 0.373 e. The summed E-state index contributed by atoms with van der Waals surface area (Å²) in [5, 5.41) is 5.66. The number of benzene rings is 2. The van der Waals surface area contributed by atoms with E-state index in [-0.39, 0.29) is 23.0 Å². The number of halogens is 1. The van der Waals surface area contributed by atoms with Crippen LogP contribution in [-0.4, -0.2) is 48.5 Å². The van der Waals surface area contributed by atoms with Crippen LogP contribution in [0.5, 0.6) is 5.75 Å². The van der Waals surface area contributed by atoms with E-state index >= 15 is 4.39 Å². The number of likely N-dealkylation sites (N-methyl/N-ethyl adjacent to an activating group) is 1. The first kappa shape index (κ1) is 19.6. The van der Waals surface area contributed by atoms with E-state index in [1.54, 1.807) is 36.4 Å². The second-order valence-electron chi connectivity index (χ2n) is 8.18. The standard InChI is InChI=1S/C22H17FN6O4/c1-24-19(30)17-12-4-3-5-15(16(12)33-17)28-18-14(23)9-25-22(28)26-10-6-7-11-13(8-10)21(32)29(2,27-18)20(11)31/h3-9,17-18,27H,1-2H3,(H-,24,25,26,30,31)/p+1. The quantitative estimate of drug-likeness (QED) is 0.471. The lowest BCUT2D eigenvalue weighted by Gasteiger charge is -2.41. The van der Waals surface area contributed by atoms with Crippen LogP contribution >= 0.6 is 0 Å². The zero-order valence-corrected chi connectivity index (χ0v) is 17.5. The first-order valence-electron chi connectivity index (χ1n) is 10.2. The first-order valence-corrected chi connectivity index (χ1v) is 10.2. The van der Waals surface area contributed by atoms with Crippen LogP contribution in [0.3, 0.4) is 0 Å². The molecule has 11 heteroatoms. The number of amides is 3. The van der Waals surface area contributed by atoms with Gasteiger partial charge in [-0.1, -0.05) is 12.1 Å². The van der Waals surface area contributed by atoms with Gasteiger partial charge in [0, 0.05) is 18.3 Å². The van der Waals surface area contributed by atoms with Crippen molar-refractivity contribution in [2.75, 3.05) is 24.3 Å². The highest BCUT2D eigenvalue weighted by atomic mass is 19.1. The number of nitrogens with one attached hydrogen (secondary N) is 3. The second kappa shape index (κ2) is 6.47. The van der Waals surface area contributed by atoms with Crippen molar-refractivity contribution in [3.8, 4) is 5.75 Å². The van der Waals surface area contributed by atoms with Gasteiger partial charge in [0.1, 0.15) is 12.6 Å². The average Bonchev–Trinajstić information content (AvgIpc) is 2.96. The maximum Gasteiger partial charge on any atom is 0.373 e. The number of anilines is 2. The predicted octanol–water partition coefficient (Wildman–Crippen LogP) is 1.55. The van der Waals surface area contributed by atoms with Gasteiger partial charge in [-0.05, 0) is 24.3 Å². The van der Waals surface area contributed by atoms with E-state index in [1.165, 1.54) is 19.0 Å². The Morgan fingerprint density at radius 3 is 2.79 bits per heavy atom. The minimum Gasteiger partial charge on any atom is -0.473 e. The number of para-hydroxylation sites is 1. The summed E-state index contributed by atoms with van der Waals surface area (Å²) in [5.41, 5.74) is 4.95. The van der Waals surface area contributed by atoms with Gasteiger partial charge in [-0.2, -0.15) is 0 Å². The fourth-order valence-electron chi connectivity index (χ4n) is 4.53. The summed E-state index contributed by atoms with van der Waals surface area (Å²) in [6.07, 6.45) is -1.00. The lowest BCUT2D eigenvalue weighted by atomic mass is 10.00. The molecule has 33 heavy (non-hydrogen) atoms. The Bertz CT molecular complexity index is 1350. The molecule has 3 N–H and O–H groups in total. The monoisotopic (exact) mass is 449 g/mol. The molecule has 10 nitrogen and oxygen atoms in total. The molecule has 2 aromatic rings. The van der Waals surface area contributed by atoms with Gasteiger partial charge < -0.3 is 15.4 Å². The number of hydrogen-bond donors (Lipinski definition) is 3. The van der Waals surface area contributed by atoms with Crippen LogP contribution in [0.2, 0.25) is 0 Å². The van der Waals surface area contributed by atoms with E-state index in [4.69, 9.17) is 4.74 Å². The van der Waals surface area contributed by atoms with Crippen molar-refractivity contribution < 1.29 is 28.1 Å². The van der Waals surface area contributed by atoms with Crippen molar-refractivity contribution in [3.05, 3.63) is 65.1 Å². The van der Waals surface area contributed by atoms with Crippen molar-refractivity contribution in [2.45, 2.75) is 12.3 Å². The Labute approximate surface area is 186 Å². The van der Waals surface area contributed by atoms with Crippen molar-refractivity contribution in [2.24, 2.45) is 4.99 Å². The number of hydrogen-bond acceptors (Lipinski definition) is 8. The maximum atomic E-state index is 15.2. The molecule has 0 aromatic heterocycles. The van der Waals surface area contributed by atoms with E-state index in [1.807, 2.05) is 0 Å². The number of imide groups is 1. The fourth-order valence-corrected chi connectivity index (χ4v) is 4.53. The van der Waals surface area contributed by atoms with E-state index in [9.17, 15) is 14.4 Å². The van der Waals surface area contributed by atoms with Gasteiger partial charge in [0.25, 0.3) is 5.91 Å². The van der Waals surface area contributed by atoms with E-state index in [0.29, 0.717) is 22.7 Å². The molecular weight excluding hydrogens is 431 g/mol. The summed E-state index contributed by atoms with van der Waals surface area (Å²) in [7, 11) is 2.91. The summed E-state index contributed by atoms with van der Waals surface area (Å²) < 4.78 is 20.2. The molecule has 4 heterocycles. The molecule has 0 saturated heterocycles. The van der Waals surface area contributed by atoms with Crippen LogP contribution < -0.4 is 25.7 Å². The van der Waals surface area contributed by atoms with Crippen molar-refractivity contribution in [1.82, 2.24) is 10.7 Å². The lowest BCUT2D eigenvalue weighted by molar-refractivity contribution is -0.793. The minimum absolute atomic E-state index is 0.247. The third kappa shape index (κ3) is 2.48. The molecule has 4 aliphatic rings. The molecule has 4 aliphatic heterocycles. The van der Waals surface area contributed by atoms with Crippen LogP contribution in [0.4, 0.5) is 15.8 Å². The largest absolute Gasteiger partial charge is 0.473 e. The van der Waals surface area contributed by atoms with Gasteiger partial charge in [-0.3, -0.25) is 9.69 Å². The molecule has 6 rings (SSSR count). The minimum atomic E-state index is -1.25. The summed E-state index contributed by atoms with van der Waals surface area (Å²) >= 11 is 0. The van der Waals surface area contributed by atoms with Gasteiger partial charge in [0.15, 0.2) is 17.7 Å². The molecule has 0 spiro atoms. The fraction of sp³-hybridized carbons (Fsp3) is 0.182. The average molecular weight is 449 g/mol. The highest BCUT2D eigenvalue weighted by molar-refractivity contribution is 6.15. The molecule has 0 radical (unpaired) electrons. The highest BCUT2D eigenvalue weighted by Gasteiger charge is 2.55. The molecule has 166 valence electrons. The normalized spacial score (nSPS) is 26.5. The molecule has 3 amide bonds. The molecular formula is C22H18FN6O4+. The van der Waals surface area contributed by atoms with Crippen LogP contribution in [0.15, 0.2) is 53.4 Å². The van der Waals surface area contributed by atoms with Crippen molar-refractivity contribution >= 4 is 35.1 Å². The maximum absolute atomic E-state index is 15.2. The summed E-state index contributed by atoms with van der Waals surface area (Å²) in [6.45, 7) is 0. The SMILES string of the molecule is CNC(=O)C1Oc2c1cccc2N1C2=NC=C(F)C1N[N+]1(C)C(=O)c3ccc(cc3C1=O)N2. The predicted molar refractivity (Wildman–Crippen MR) is 115 cm³/mol. The number of carbonyl (C=O) groups excluding carboxylic acids is 3. The van der Waals surface area contributed by atoms with E-state index in [0.717, 1.165) is 6.20 Å². The van der Waals surface area contributed by atoms with Crippen LogP contribution in [0, 0.1) is 0 Å². The third-order valence-electron chi connectivity index (χ3n) is 6.27. The number of quaternary nitrogens is 1. The van der Waals surface area contributed by atoms with Gasteiger partial charge in [-0.15, -0.1) is 10.0 Å². The highest BCUT2D eigenvalue weighted by Crippen LogP contribution is 2.47. The Morgan fingerprint density at radius 1 is 1.21 bits per heavy atom. The summed E-state index contributed by atoms with van der Waals surface area (Å²) in [6, 6.07) is 9.98. The van der Waals surface area contributed by atoms with Gasteiger partial charge >= 0.3 is 11.8 Å². The van der Waals surface area contributed by atoms with Gasteiger partial charge in [0.2, 0.25) is 12.1 Å². The Morgan fingerprint density at radius 2 is 2.00 bits per heavy atom. The number of ether oxygens (including phenoxy) is 1. The molecule has 3 unspecified atom stereocenters. The van der Waals surface area contributed by atoms with E-state index < -0.39 is 34.5 Å². The first-order chi connectivity index (χ1) is 15.8. The molecule has 0 fully saturated rings. The molecule has 5 bridgehead atoms. The number of nitrogens with zero attached hydrogens (tertiary/aromatic N) is 3. The zero-order valence-electron chi connectivity index (χ0n) is 17.5. The number of aliphatic imine (C=N–C) groups is 1. The molecule has 2 aromatic carbocycles. The van der Waals surface area contributed by atoms with Crippen LogP contribution in [-0.2, 0) is 4.79 Å². The topological polar surface area (TPSA) is 112 Å². The van der Waals surface area contributed by atoms with E-state index in [2.05, 4.69) is 21.1 Å². The number of rotatable bonds is 2. The van der Waals surface area contributed by atoms with Gasteiger partial charge in [0.05, 0.1) is 17.5 Å². The Hall–Kier alpha value is -4.09. The lowest BCUT2D eigenvalue weighted by Crippen LogP contribution is -2.67. The van der Waals surface area contributed by atoms with Crippen LogP contribution in [0.25, 0.3) is 0 Å². The molecule has 0 saturated carbocycles. The number of guanidine groups is 1.